The first-order valence-corrected chi connectivity index (χ1v) is 15.5. The molecule has 0 saturated carbocycles. The molecule has 0 spiro atoms. The van der Waals surface area contributed by atoms with Crippen molar-refractivity contribution < 1.29 is 29.3 Å². The number of allylic oxidation sites excluding steroid dienone is 5. The fourth-order valence-corrected chi connectivity index (χ4v) is 6.32. The molecule has 4 aliphatic carbocycles. The van der Waals surface area contributed by atoms with E-state index in [9.17, 15) is 19.8 Å². The van der Waals surface area contributed by atoms with Gasteiger partial charge in [-0.2, -0.15) is 0 Å². The highest BCUT2D eigenvalue weighted by Crippen LogP contribution is 2.44. The lowest BCUT2D eigenvalue weighted by Crippen LogP contribution is -2.41. The van der Waals surface area contributed by atoms with Crippen LogP contribution in [0.15, 0.2) is 47.3 Å². The molecule has 6 heteroatoms. The van der Waals surface area contributed by atoms with E-state index < -0.39 is 6.10 Å². The van der Waals surface area contributed by atoms with Crippen molar-refractivity contribution in [1.82, 2.24) is 0 Å². The van der Waals surface area contributed by atoms with E-state index in [1.165, 1.54) is 0 Å². The van der Waals surface area contributed by atoms with Crippen LogP contribution in [-0.4, -0.2) is 40.5 Å². The van der Waals surface area contributed by atoms with Crippen LogP contribution in [0.25, 0.3) is 0 Å². The average molecular weight is 557 g/mol. The molecule has 40 heavy (non-hydrogen) atoms. The van der Waals surface area contributed by atoms with Gasteiger partial charge in [-0.3, -0.25) is 9.59 Å². The van der Waals surface area contributed by atoms with Crippen LogP contribution in [0.4, 0.5) is 0 Å². The monoisotopic (exact) mass is 556 g/mol. The fraction of sp³-hybridized carbons (Fsp3) is 0.706. The Labute approximate surface area is 241 Å². The first-order chi connectivity index (χ1) is 18.9. The number of ether oxygens (including phenoxy) is 2. The molecule has 2 N–H and O–H groups in total. The predicted molar refractivity (Wildman–Crippen MR) is 158 cm³/mol. The minimum atomic E-state index is -0.513. The van der Waals surface area contributed by atoms with Crippen LogP contribution in [0, 0.1) is 47.3 Å². The van der Waals surface area contributed by atoms with E-state index in [0.29, 0.717) is 29.9 Å². The normalized spacial score (nSPS) is 36.2. The predicted octanol–water partition coefficient (Wildman–Crippen LogP) is 7.10. The number of rotatable bonds is 6. The minimum Gasteiger partial charge on any atom is -0.512 e. The molecular formula is C34H52O6. The third-order valence-corrected chi connectivity index (χ3v) is 9.95. The van der Waals surface area contributed by atoms with E-state index >= 15 is 0 Å². The zero-order valence-corrected chi connectivity index (χ0v) is 25.8. The molecule has 0 amide bonds. The van der Waals surface area contributed by atoms with E-state index in [1.807, 2.05) is 46.8 Å². The maximum atomic E-state index is 12.1. The van der Waals surface area contributed by atoms with Gasteiger partial charge in [-0.05, 0) is 60.7 Å². The number of carbonyl (C=O) groups is 2. The summed E-state index contributed by atoms with van der Waals surface area (Å²) in [7, 11) is 0. The van der Waals surface area contributed by atoms with Gasteiger partial charge in [0, 0.05) is 24.2 Å². The first kappa shape index (κ1) is 32.2. The second-order valence-electron chi connectivity index (χ2n) is 12.7. The molecular weight excluding hydrogens is 504 g/mol. The Morgan fingerprint density at radius 3 is 2.10 bits per heavy atom. The molecule has 224 valence electrons. The smallest absolute Gasteiger partial charge is 0.308 e. The third-order valence-electron chi connectivity index (χ3n) is 9.95. The van der Waals surface area contributed by atoms with Crippen molar-refractivity contribution in [3.05, 3.63) is 47.3 Å². The van der Waals surface area contributed by atoms with Crippen molar-refractivity contribution in [2.24, 2.45) is 47.3 Å². The van der Waals surface area contributed by atoms with E-state index in [0.717, 1.165) is 36.8 Å². The first-order valence-electron chi connectivity index (χ1n) is 15.5. The van der Waals surface area contributed by atoms with Crippen LogP contribution < -0.4 is 0 Å². The second kappa shape index (κ2) is 14.0. The largest absolute Gasteiger partial charge is 0.512 e. The number of hydrogen-bond acceptors (Lipinski definition) is 6. The summed E-state index contributed by atoms with van der Waals surface area (Å²) in [6, 6.07) is 0. The summed E-state index contributed by atoms with van der Waals surface area (Å²) in [6.45, 7) is 16.4. The lowest BCUT2D eigenvalue weighted by molar-refractivity contribution is -0.159. The van der Waals surface area contributed by atoms with Gasteiger partial charge in [0.15, 0.2) is 0 Å². The number of fused-ring (bicyclic) bond motifs is 2. The minimum absolute atomic E-state index is 0.0374. The summed E-state index contributed by atoms with van der Waals surface area (Å²) in [6.07, 6.45) is 13.4. The highest BCUT2D eigenvalue weighted by Gasteiger charge is 2.41. The summed E-state index contributed by atoms with van der Waals surface area (Å²) in [5.41, 5.74) is 2.26. The van der Waals surface area contributed by atoms with Crippen molar-refractivity contribution >= 4 is 11.9 Å². The molecule has 4 rings (SSSR count). The zero-order valence-electron chi connectivity index (χ0n) is 25.8. The zero-order chi connectivity index (χ0) is 29.7. The van der Waals surface area contributed by atoms with Gasteiger partial charge in [-0.15, -0.1) is 0 Å². The third kappa shape index (κ3) is 7.29. The molecule has 11 atom stereocenters. The van der Waals surface area contributed by atoms with E-state index in [2.05, 4.69) is 39.0 Å². The number of esters is 2. The Morgan fingerprint density at radius 2 is 1.50 bits per heavy atom. The van der Waals surface area contributed by atoms with E-state index in [-0.39, 0.29) is 53.7 Å². The number of carbonyl (C=O) groups excluding carboxylic acids is 2. The van der Waals surface area contributed by atoms with Crippen LogP contribution in [0.1, 0.15) is 87.5 Å². The summed E-state index contributed by atoms with van der Waals surface area (Å²) in [5, 5.41) is 20.0. The van der Waals surface area contributed by atoms with Gasteiger partial charge < -0.3 is 19.7 Å². The Kier molecular flexibility index (Phi) is 11.3. The lowest BCUT2D eigenvalue weighted by atomic mass is 9.68. The van der Waals surface area contributed by atoms with Crippen molar-refractivity contribution in [3.63, 3.8) is 0 Å². The lowest BCUT2D eigenvalue weighted by Gasteiger charge is -2.41. The molecule has 0 aromatic carbocycles. The molecule has 0 heterocycles. The summed E-state index contributed by atoms with van der Waals surface area (Å²) >= 11 is 0. The summed E-state index contributed by atoms with van der Waals surface area (Å²) in [4.78, 5) is 24.1. The van der Waals surface area contributed by atoms with E-state index in [1.54, 1.807) is 0 Å². The maximum absolute atomic E-state index is 12.1. The number of aliphatic hydroxyl groups excluding tert-OH is 2. The van der Waals surface area contributed by atoms with Crippen LogP contribution >= 0.6 is 0 Å². The summed E-state index contributed by atoms with van der Waals surface area (Å²) in [5.74, 6) is 1.87. The molecule has 6 nitrogen and oxygen atoms in total. The van der Waals surface area contributed by atoms with E-state index in [4.69, 9.17) is 9.47 Å². The van der Waals surface area contributed by atoms with Gasteiger partial charge >= 0.3 is 11.9 Å². The quantitative estimate of drug-likeness (QED) is 0.339. The Balaban J connectivity index is 0.000000220. The molecule has 0 aromatic heterocycles. The average Bonchev–Trinajstić information content (AvgIpc) is 2.92. The van der Waals surface area contributed by atoms with Gasteiger partial charge in [0.2, 0.25) is 0 Å². The van der Waals surface area contributed by atoms with Gasteiger partial charge in [0.1, 0.15) is 12.2 Å². The molecule has 0 aromatic rings. The van der Waals surface area contributed by atoms with Crippen LogP contribution in [0.3, 0.4) is 0 Å². The molecule has 0 fully saturated rings. The molecule has 0 saturated heterocycles. The summed E-state index contributed by atoms with van der Waals surface area (Å²) < 4.78 is 11.5. The maximum Gasteiger partial charge on any atom is 0.308 e. The van der Waals surface area contributed by atoms with Crippen molar-refractivity contribution in [2.75, 3.05) is 0 Å². The number of hydrogen-bond donors (Lipinski definition) is 2. The van der Waals surface area contributed by atoms with Crippen LogP contribution in [0.5, 0.6) is 0 Å². The highest BCUT2D eigenvalue weighted by molar-refractivity contribution is 5.72. The second-order valence-corrected chi connectivity index (χ2v) is 12.7. The molecule has 0 aliphatic heterocycles. The standard InChI is InChI=1S/2C17H26O3/c1-5-10(2)17(19)20-15-9-14(18)8-13-7-6-11(3)12(4)16(13)15;1-5-10(2)17(19)20-15-8-6-7-13-9-14(18)11(3)12(4)16(13)15/h6-8,10-12,14-16,18H,5,9H2,1-4H3;7,9-12,15-16,18H,5-6,8H2,1-4H3. The molecule has 0 radical (unpaired) electrons. The van der Waals surface area contributed by atoms with Gasteiger partial charge in [-0.1, -0.05) is 79.7 Å². The van der Waals surface area contributed by atoms with Crippen molar-refractivity contribution in [3.8, 4) is 0 Å². The van der Waals surface area contributed by atoms with Gasteiger partial charge in [0.25, 0.3) is 0 Å². The van der Waals surface area contributed by atoms with Crippen molar-refractivity contribution in [1.29, 1.82) is 0 Å². The van der Waals surface area contributed by atoms with Crippen LogP contribution in [0.2, 0.25) is 0 Å². The SMILES string of the molecule is CCC(C)C(=O)OC1CC(O)C=C2C=CC(C)C(C)C21.CCC(C)C(=O)OC1CCC=C2C=C(O)C(C)C(C)C21. The topological polar surface area (TPSA) is 93.1 Å². The molecule has 0 bridgehead atoms. The van der Waals surface area contributed by atoms with Gasteiger partial charge in [-0.25, -0.2) is 0 Å². The number of aliphatic hydroxyl groups is 2. The fourth-order valence-electron chi connectivity index (χ4n) is 6.32. The van der Waals surface area contributed by atoms with Gasteiger partial charge in [0.05, 0.1) is 23.7 Å². The highest BCUT2D eigenvalue weighted by atomic mass is 16.5. The van der Waals surface area contributed by atoms with Crippen molar-refractivity contribution in [2.45, 2.75) is 106 Å². The molecule has 11 unspecified atom stereocenters. The Bertz CT molecular complexity index is 1020. The Hall–Kier alpha value is -2.34. The van der Waals surface area contributed by atoms with Crippen LogP contribution in [-0.2, 0) is 19.1 Å². The Morgan fingerprint density at radius 1 is 0.925 bits per heavy atom. The molecule has 4 aliphatic rings.